The van der Waals surface area contributed by atoms with Crippen LogP contribution in [0.2, 0.25) is 0 Å². The van der Waals surface area contributed by atoms with Crippen molar-refractivity contribution in [3.8, 4) is 0 Å². The lowest BCUT2D eigenvalue weighted by atomic mass is 9.85. The number of ether oxygens (including phenoxy) is 1. The summed E-state index contributed by atoms with van der Waals surface area (Å²) in [7, 11) is 3.98. The van der Waals surface area contributed by atoms with E-state index in [9.17, 15) is 22.8 Å². The number of nitrogens with zero attached hydrogens (tertiary/aromatic N) is 2. The van der Waals surface area contributed by atoms with Crippen LogP contribution in [0.15, 0.2) is 11.9 Å². The summed E-state index contributed by atoms with van der Waals surface area (Å²) in [6.45, 7) is -1.93. The van der Waals surface area contributed by atoms with E-state index in [1.54, 1.807) is 0 Å². The van der Waals surface area contributed by atoms with E-state index in [1.165, 1.54) is 19.0 Å². The van der Waals surface area contributed by atoms with Crippen LogP contribution in [-0.2, 0) is 9.53 Å². The van der Waals surface area contributed by atoms with Crippen LogP contribution in [-0.4, -0.2) is 67.3 Å². The Hall–Kier alpha value is -1.77. The fourth-order valence-electron chi connectivity index (χ4n) is 2.00. The number of allylic oxidation sites excluding steroid dienone is 1. The van der Waals surface area contributed by atoms with Gasteiger partial charge in [-0.1, -0.05) is 0 Å². The number of halogens is 3. The third-order valence-electron chi connectivity index (χ3n) is 2.93. The average molecular weight is 296 g/mol. The van der Waals surface area contributed by atoms with Crippen LogP contribution in [0, 0.1) is 5.41 Å². The molecule has 1 fully saturated rings. The molecule has 0 spiro atoms. The first-order chi connectivity index (χ1) is 9.06. The minimum absolute atomic E-state index is 0.398. The second-order valence-electron chi connectivity index (χ2n) is 4.69. The molecule has 1 aliphatic rings. The summed E-state index contributed by atoms with van der Waals surface area (Å²) in [5.41, 5.74) is -3.38. The molecule has 20 heavy (non-hydrogen) atoms. The minimum atomic E-state index is -4.91. The monoisotopic (exact) mass is 296 g/mol. The Morgan fingerprint density at radius 3 is 2.45 bits per heavy atom. The predicted molar refractivity (Wildman–Crippen MR) is 61.9 cm³/mol. The highest BCUT2D eigenvalue weighted by molar-refractivity contribution is 6.05. The van der Waals surface area contributed by atoms with E-state index >= 15 is 0 Å². The van der Waals surface area contributed by atoms with Crippen LogP contribution in [0.1, 0.15) is 0 Å². The highest BCUT2D eigenvalue weighted by atomic mass is 19.4. The number of carbonyl (C=O) groups is 2. The number of rotatable bonds is 3. The topological polar surface area (TPSA) is 70.1 Å². The van der Waals surface area contributed by atoms with Gasteiger partial charge in [-0.25, -0.2) is 4.79 Å². The third kappa shape index (κ3) is 2.58. The first kappa shape index (κ1) is 16.3. The summed E-state index contributed by atoms with van der Waals surface area (Å²) in [4.78, 5) is 24.9. The van der Waals surface area contributed by atoms with Gasteiger partial charge in [-0.05, 0) is 0 Å². The van der Waals surface area contributed by atoms with Crippen molar-refractivity contribution in [1.82, 2.24) is 9.80 Å². The van der Waals surface area contributed by atoms with Crippen molar-refractivity contribution in [1.29, 1.82) is 0 Å². The summed E-state index contributed by atoms with van der Waals surface area (Å²) in [6.07, 6.45) is -5.47. The Labute approximate surface area is 113 Å². The maximum atomic E-state index is 13.2. The first-order valence-electron chi connectivity index (χ1n) is 5.56. The van der Waals surface area contributed by atoms with E-state index in [0.717, 1.165) is 13.3 Å². The van der Waals surface area contributed by atoms with E-state index in [1.807, 2.05) is 0 Å². The molecule has 1 heterocycles. The Bertz CT molecular complexity index is 447. The first-order valence-corrected chi connectivity index (χ1v) is 5.56. The Balaban J connectivity index is 3.38. The fourth-order valence-corrected chi connectivity index (χ4v) is 2.00. The van der Waals surface area contributed by atoms with Crippen LogP contribution in [0.5, 0.6) is 0 Å². The standard InChI is InChI=1S/C11H15F3N2O4/c1-15(2)4-7-8(17)10(6-20-3,11(12,13)14)5-16(7)9(18)19/h4H,5-6H2,1-3H3,(H,18,19)/b7-4+. The lowest BCUT2D eigenvalue weighted by molar-refractivity contribution is -0.226. The van der Waals surface area contributed by atoms with Crippen LogP contribution in [0.25, 0.3) is 0 Å². The van der Waals surface area contributed by atoms with Crippen molar-refractivity contribution >= 4 is 11.9 Å². The zero-order chi connectivity index (χ0) is 15.7. The number of hydrogen-bond acceptors (Lipinski definition) is 4. The highest BCUT2D eigenvalue weighted by Gasteiger charge is 2.66. The summed E-state index contributed by atoms with van der Waals surface area (Å²) in [5, 5.41) is 8.99. The molecule has 0 aliphatic carbocycles. The number of likely N-dealkylation sites (tertiary alicyclic amines) is 1. The normalized spacial score (nSPS) is 25.4. The van der Waals surface area contributed by atoms with Crippen molar-refractivity contribution in [3.05, 3.63) is 11.9 Å². The molecular weight excluding hydrogens is 281 g/mol. The third-order valence-corrected chi connectivity index (χ3v) is 2.93. The smallest absolute Gasteiger partial charge is 0.412 e. The summed E-state index contributed by atoms with van der Waals surface area (Å²) in [6, 6.07) is 0. The van der Waals surface area contributed by atoms with Crippen LogP contribution < -0.4 is 0 Å². The molecule has 6 nitrogen and oxygen atoms in total. The Morgan fingerprint density at radius 1 is 1.55 bits per heavy atom. The summed E-state index contributed by atoms with van der Waals surface area (Å²) < 4.78 is 44.2. The number of Topliss-reactive ketones (excluding diaryl/α,β-unsaturated/α-hetero) is 1. The van der Waals surface area contributed by atoms with Crippen LogP contribution in [0.4, 0.5) is 18.0 Å². The van der Waals surface area contributed by atoms with Gasteiger partial charge in [-0.3, -0.25) is 9.69 Å². The van der Waals surface area contributed by atoms with E-state index in [4.69, 9.17) is 5.11 Å². The van der Waals surface area contributed by atoms with Crippen LogP contribution >= 0.6 is 0 Å². The van der Waals surface area contributed by atoms with Gasteiger partial charge in [0.2, 0.25) is 0 Å². The quantitative estimate of drug-likeness (QED) is 0.791. The molecule has 0 aromatic rings. The zero-order valence-electron chi connectivity index (χ0n) is 11.2. The fraction of sp³-hybridized carbons (Fsp3) is 0.636. The summed E-state index contributed by atoms with van der Waals surface area (Å²) in [5.74, 6) is -1.30. The molecule has 1 atom stereocenters. The van der Waals surface area contributed by atoms with E-state index in [-0.39, 0.29) is 0 Å². The van der Waals surface area contributed by atoms with E-state index < -0.39 is 42.3 Å². The molecule has 1 aliphatic heterocycles. The zero-order valence-corrected chi connectivity index (χ0v) is 11.2. The van der Waals surface area contributed by atoms with Crippen molar-refractivity contribution in [2.24, 2.45) is 5.41 Å². The predicted octanol–water partition coefficient (Wildman–Crippen LogP) is 1.15. The highest BCUT2D eigenvalue weighted by Crippen LogP contribution is 2.46. The van der Waals surface area contributed by atoms with Gasteiger partial charge in [0.05, 0.1) is 13.2 Å². The maximum absolute atomic E-state index is 13.2. The Morgan fingerprint density at radius 2 is 2.10 bits per heavy atom. The molecule has 0 saturated carbocycles. The number of alkyl halides is 3. The lowest BCUT2D eigenvalue weighted by Crippen LogP contribution is -2.49. The van der Waals surface area contributed by atoms with Gasteiger partial charge in [-0.2, -0.15) is 13.2 Å². The summed E-state index contributed by atoms with van der Waals surface area (Å²) >= 11 is 0. The average Bonchev–Trinajstić information content (AvgIpc) is 2.54. The number of hydrogen-bond donors (Lipinski definition) is 1. The van der Waals surface area contributed by atoms with Crippen molar-refractivity contribution in [2.45, 2.75) is 6.18 Å². The van der Waals surface area contributed by atoms with Gasteiger partial charge in [0, 0.05) is 27.4 Å². The molecule has 1 N–H and O–H groups in total. The number of carbonyl (C=O) groups excluding carboxylic acids is 1. The second kappa shape index (κ2) is 5.31. The van der Waals surface area contributed by atoms with Crippen molar-refractivity contribution < 1.29 is 32.6 Å². The number of methoxy groups -OCH3 is 1. The Kier molecular flexibility index (Phi) is 4.33. The van der Waals surface area contributed by atoms with Crippen LogP contribution in [0.3, 0.4) is 0 Å². The van der Waals surface area contributed by atoms with Gasteiger partial charge < -0.3 is 14.7 Å². The van der Waals surface area contributed by atoms with Gasteiger partial charge in [0.25, 0.3) is 0 Å². The molecule has 0 bridgehead atoms. The maximum Gasteiger partial charge on any atom is 0.412 e. The molecule has 1 saturated heterocycles. The molecule has 1 amide bonds. The van der Waals surface area contributed by atoms with Crippen molar-refractivity contribution in [3.63, 3.8) is 0 Å². The SMILES string of the molecule is COCC1(C(F)(F)F)CN(C(=O)O)/C(=C/N(C)C)C1=O. The van der Waals surface area contributed by atoms with Gasteiger partial charge in [0.15, 0.2) is 11.2 Å². The van der Waals surface area contributed by atoms with E-state index in [0.29, 0.717) is 4.90 Å². The van der Waals surface area contributed by atoms with Crippen molar-refractivity contribution in [2.75, 3.05) is 34.4 Å². The lowest BCUT2D eigenvalue weighted by Gasteiger charge is -2.28. The number of carboxylic acid groups (broad SMARTS) is 1. The molecule has 114 valence electrons. The van der Waals surface area contributed by atoms with Gasteiger partial charge >= 0.3 is 12.3 Å². The largest absolute Gasteiger partial charge is 0.465 e. The number of amides is 1. The van der Waals surface area contributed by atoms with Gasteiger partial charge in [-0.15, -0.1) is 0 Å². The number of ketones is 1. The minimum Gasteiger partial charge on any atom is -0.465 e. The molecule has 1 unspecified atom stereocenters. The molecular formula is C11H15F3N2O4. The molecule has 0 aromatic carbocycles. The van der Waals surface area contributed by atoms with Gasteiger partial charge in [0.1, 0.15) is 5.70 Å². The van der Waals surface area contributed by atoms with E-state index in [2.05, 4.69) is 4.74 Å². The molecule has 0 radical (unpaired) electrons. The molecule has 0 aromatic heterocycles. The molecule has 9 heteroatoms. The molecule has 1 rings (SSSR count). The second-order valence-corrected chi connectivity index (χ2v) is 4.69.